The molecule has 0 aliphatic rings. The lowest BCUT2D eigenvalue weighted by Gasteiger charge is -2.06. The Morgan fingerprint density at radius 3 is 2.59 bits per heavy atom. The topological polar surface area (TPSA) is 71.2 Å². The molecule has 22 heavy (non-hydrogen) atoms. The third-order valence-electron chi connectivity index (χ3n) is 3.24. The molecular formula is C17H14N2O3. The van der Waals surface area contributed by atoms with Crippen molar-refractivity contribution >= 4 is 16.7 Å². The first-order chi connectivity index (χ1) is 10.7. The number of nitrogens with one attached hydrogen (secondary N) is 2. The van der Waals surface area contributed by atoms with Crippen molar-refractivity contribution in [1.29, 1.82) is 0 Å². The number of amides is 1. The van der Waals surface area contributed by atoms with E-state index < -0.39 is 5.91 Å². The number of aromatic amines is 1. The van der Waals surface area contributed by atoms with Gasteiger partial charge in [0.25, 0.3) is 11.5 Å². The minimum Gasteiger partial charge on any atom is -0.317 e. The van der Waals surface area contributed by atoms with Crippen molar-refractivity contribution in [2.45, 2.75) is 6.61 Å². The Kier molecular flexibility index (Phi) is 3.98. The highest BCUT2D eigenvalue weighted by Gasteiger charge is 2.09. The lowest BCUT2D eigenvalue weighted by atomic mass is 10.1. The van der Waals surface area contributed by atoms with Gasteiger partial charge in [-0.05, 0) is 23.1 Å². The van der Waals surface area contributed by atoms with Gasteiger partial charge >= 0.3 is 0 Å². The number of carbonyl (C=O) groups excluding carboxylic acids is 1. The van der Waals surface area contributed by atoms with Crippen LogP contribution in [0.4, 0.5) is 0 Å². The quantitative estimate of drug-likeness (QED) is 0.726. The average Bonchev–Trinajstić information content (AvgIpc) is 2.56. The summed E-state index contributed by atoms with van der Waals surface area (Å²) in [6, 6.07) is 18.2. The van der Waals surface area contributed by atoms with Crippen molar-refractivity contribution in [3.05, 3.63) is 82.3 Å². The molecule has 0 aliphatic heterocycles. The van der Waals surface area contributed by atoms with Crippen LogP contribution in [-0.2, 0) is 11.4 Å². The van der Waals surface area contributed by atoms with Crippen molar-refractivity contribution in [3.63, 3.8) is 0 Å². The highest BCUT2D eigenvalue weighted by Crippen LogP contribution is 2.09. The van der Waals surface area contributed by atoms with Crippen LogP contribution in [0, 0.1) is 0 Å². The highest BCUT2D eigenvalue weighted by atomic mass is 16.6. The first-order valence-electron chi connectivity index (χ1n) is 6.82. The summed E-state index contributed by atoms with van der Waals surface area (Å²) in [4.78, 5) is 31.7. The molecule has 0 unspecified atom stereocenters. The summed E-state index contributed by atoms with van der Waals surface area (Å²) in [7, 11) is 0. The number of H-pyrrole nitrogens is 1. The van der Waals surface area contributed by atoms with E-state index in [1.807, 2.05) is 36.4 Å². The summed E-state index contributed by atoms with van der Waals surface area (Å²) < 4.78 is 0. The Morgan fingerprint density at radius 1 is 1.05 bits per heavy atom. The second kappa shape index (κ2) is 6.24. The number of hydrogen-bond donors (Lipinski definition) is 2. The number of hydrogen-bond acceptors (Lipinski definition) is 3. The van der Waals surface area contributed by atoms with E-state index in [4.69, 9.17) is 4.84 Å². The molecule has 0 aliphatic carbocycles. The summed E-state index contributed by atoms with van der Waals surface area (Å²) in [6.45, 7) is 0.254. The minimum absolute atomic E-state index is 0.164. The molecule has 1 aromatic heterocycles. The van der Waals surface area contributed by atoms with E-state index in [0.29, 0.717) is 10.8 Å². The Morgan fingerprint density at radius 2 is 1.77 bits per heavy atom. The van der Waals surface area contributed by atoms with Crippen LogP contribution in [0.3, 0.4) is 0 Å². The Bertz CT molecular complexity index is 856. The molecule has 2 N–H and O–H groups in total. The van der Waals surface area contributed by atoms with E-state index >= 15 is 0 Å². The number of aromatic nitrogens is 1. The van der Waals surface area contributed by atoms with Crippen molar-refractivity contribution < 1.29 is 9.63 Å². The fourth-order valence-electron chi connectivity index (χ4n) is 2.15. The SMILES string of the molecule is O=C(NOCc1ccccc1)c1cc2ccccc2c(=O)[nH]1. The molecule has 0 saturated heterocycles. The largest absolute Gasteiger partial charge is 0.317 e. The summed E-state index contributed by atoms with van der Waals surface area (Å²) in [5, 5.41) is 1.25. The minimum atomic E-state index is -0.487. The number of rotatable bonds is 4. The van der Waals surface area contributed by atoms with Crippen molar-refractivity contribution in [3.8, 4) is 0 Å². The zero-order chi connectivity index (χ0) is 15.4. The molecule has 0 spiro atoms. The van der Waals surface area contributed by atoms with E-state index in [1.54, 1.807) is 24.3 Å². The second-order valence-electron chi connectivity index (χ2n) is 4.80. The molecule has 0 radical (unpaired) electrons. The van der Waals surface area contributed by atoms with Crippen LogP contribution in [0.5, 0.6) is 0 Å². The molecule has 110 valence electrons. The van der Waals surface area contributed by atoms with E-state index in [0.717, 1.165) is 5.56 Å². The number of pyridine rings is 1. The van der Waals surface area contributed by atoms with Crippen molar-refractivity contribution in [2.75, 3.05) is 0 Å². The molecular weight excluding hydrogens is 280 g/mol. The van der Waals surface area contributed by atoms with E-state index in [-0.39, 0.29) is 17.9 Å². The van der Waals surface area contributed by atoms with Gasteiger partial charge in [0, 0.05) is 5.39 Å². The van der Waals surface area contributed by atoms with Crippen LogP contribution in [0.2, 0.25) is 0 Å². The van der Waals surface area contributed by atoms with Gasteiger partial charge in [-0.25, -0.2) is 5.48 Å². The third kappa shape index (κ3) is 3.05. The molecule has 3 aromatic rings. The maximum Gasteiger partial charge on any atom is 0.291 e. The van der Waals surface area contributed by atoms with Crippen molar-refractivity contribution in [2.24, 2.45) is 0 Å². The van der Waals surface area contributed by atoms with Crippen LogP contribution in [-0.4, -0.2) is 10.9 Å². The number of hydroxylamine groups is 1. The van der Waals surface area contributed by atoms with Crippen molar-refractivity contribution in [1.82, 2.24) is 10.5 Å². The van der Waals surface area contributed by atoms with Crippen LogP contribution in [0.15, 0.2) is 65.5 Å². The molecule has 2 aromatic carbocycles. The Labute approximate surface area is 126 Å². The average molecular weight is 294 g/mol. The normalized spacial score (nSPS) is 10.5. The lowest BCUT2D eigenvalue weighted by molar-refractivity contribution is 0.0229. The highest BCUT2D eigenvalue weighted by molar-refractivity contribution is 5.95. The predicted octanol–water partition coefficient (Wildman–Crippen LogP) is 2.39. The lowest BCUT2D eigenvalue weighted by Crippen LogP contribution is -2.26. The second-order valence-corrected chi connectivity index (χ2v) is 4.80. The smallest absolute Gasteiger partial charge is 0.291 e. The fourth-order valence-corrected chi connectivity index (χ4v) is 2.15. The Hall–Kier alpha value is -2.92. The number of carbonyl (C=O) groups is 1. The standard InChI is InChI=1S/C17H14N2O3/c20-16-14-9-5-4-8-13(14)10-15(18-16)17(21)19-22-11-12-6-2-1-3-7-12/h1-10H,11H2,(H,18,20)(H,19,21). The Balaban J connectivity index is 1.71. The molecule has 5 heteroatoms. The molecule has 0 fully saturated rings. The van der Waals surface area contributed by atoms with Gasteiger partial charge < -0.3 is 4.98 Å². The molecule has 1 heterocycles. The molecule has 0 bridgehead atoms. The maximum atomic E-state index is 12.0. The van der Waals surface area contributed by atoms with Crippen LogP contribution >= 0.6 is 0 Å². The molecule has 5 nitrogen and oxygen atoms in total. The van der Waals surface area contributed by atoms with Gasteiger partial charge in [0.2, 0.25) is 0 Å². The summed E-state index contributed by atoms with van der Waals surface area (Å²) in [6.07, 6.45) is 0. The number of fused-ring (bicyclic) bond motifs is 1. The van der Waals surface area contributed by atoms with Gasteiger partial charge in [-0.1, -0.05) is 48.5 Å². The van der Waals surface area contributed by atoms with Crippen LogP contribution in [0.25, 0.3) is 10.8 Å². The van der Waals surface area contributed by atoms with Gasteiger partial charge in [0.1, 0.15) is 5.69 Å². The molecule has 3 rings (SSSR count). The predicted molar refractivity (Wildman–Crippen MR) is 83.3 cm³/mol. The van der Waals surface area contributed by atoms with Crippen LogP contribution in [0.1, 0.15) is 16.1 Å². The fraction of sp³-hybridized carbons (Fsp3) is 0.0588. The molecule has 0 atom stereocenters. The zero-order valence-corrected chi connectivity index (χ0v) is 11.7. The summed E-state index contributed by atoms with van der Waals surface area (Å²) >= 11 is 0. The third-order valence-corrected chi connectivity index (χ3v) is 3.24. The van der Waals surface area contributed by atoms with Gasteiger partial charge in [0.05, 0.1) is 6.61 Å². The van der Waals surface area contributed by atoms with E-state index in [2.05, 4.69) is 10.5 Å². The van der Waals surface area contributed by atoms with E-state index in [1.165, 1.54) is 0 Å². The number of benzene rings is 2. The van der Waals surface area contributed by atoms with Gasteiger partial charge in [-0.2, -0.15) is 0 Å². The van der Waals surface area contributed by atoms with Gasteiger partial charge in [-0.3, -0.25) is 14.4 Å². The summed E-state index contributed by atoms with van der Waals surface area (Å²) in [5.74, 6) is -0.487. The van der Waals surface area contributed by atoms with Gasteiger partial charge in [0.15, 0.2) is 0 Å². The molecule has 1 amide bonds. The first kappa shape index (κ1) is 14.0. The molecule has 0 saturated carbocycles. The van der Waals surface area contributed by atoms with Gasteiger partial charge in [-0.15, -0.1) is 0 Å². The maximum absolute atomic E-state index is 12.0. The monoisotopic (exact) mass is 294 g/mol. The van der Waals surface area contributed by atoms with E-state index in [9.17, 15) is 9.59 Å². The first-order valence-corrected chi connectivity index (χ1v) is 6.82. The summed E-state index contributed by atoms with van der Waals surface area (Å²) in [5.41, 5.74) is 3.13. The van der Waals surface area contributed by atoms with Crippen LogP contribution < -0.4 is 11.0 Å². The zero-order valence-electron chi connectivity index (χ0n) is 11.7.